The van der Waals surface area contributed by atoms with Gasteiger partial charge in [0.05, 0.1) is 19.8 Å². The van der Waals surface area contributed by atoms with Crippen LogP contribution < -0.4 is 20.1 Å². The highest BCUT2D eigenvalue weighted by Crippen LogP contribution is 2.30. The fourth-order valence-electron chi connectivity index (χ4n) is 2.55. The van der Waals surface area contributed by atoms with E-state index >= 15 is 0 Å². The molecule has 0 aliphatic carbocycles. The molecule has 0 aliphatic rings. The quantitative estimate of drug-likeness (QED) is 0.546. The first-order valence-corrected chi connectivity index (χ1v) is 9.45. The number of guanidine groups is 1. The highest BCUT2D eigenvalue weighted by Gasteiger charge is 2.16. The van der Waals surface area contributed by atoms with Crippen molar-refractivity contribution < 1.29 is 9.47 Å². The molecule has 2 rings (SSSR count). The molecule has 0 saturated carbocycles. The maximum atomic E-state index is 5.56. The van der Waals surface area contributed by atoms with Crippen LogP contribution in [-0.4, -0.2) is 52.3 Å². The van der Waals surface area contributed by atoms with Crippen molar-refractivity contribution in [3.63, 3.8) is 0 Å². The van der Waals surface area contributed by atoms with E-state index in [1.54, 1.807) is 25.5 Å². The maximum Gasteiger partial charge on any atom is 0.195 e. The van der Waals surface area contributed by atoms with Crippen molar-refractivity contribution in [2.75, 3.05) is 46.7 Å². The summed E-state index contributed by atoms with van der Waals surface area (Å²) in [5.41, 5.74) is 0.885. The number of nitrogens with one attached hydrogen (secondary N) is 2. The summed E-state index contributed by atoms with van der Waals surface area (Å²) in [5, 5.41) is 8.80. The smallest absolute Gasteiger partial charge is 0.195 e. The zero-order chi connectivity index (χ0) is 18.9. The number of likely N-dealkylation sites (N-methyl/N-ethyl adjacent to an activating group) is 1. The fraction of sp³-hybridized carbons (Fsp3) is 0.421. The molecule has 6 nitrogen and oxygen atoms in total. The minimum atomic E-state index is 0.281. The van der Waals surface area contributed by atoms with Gasteiger partial charge >= 0.3 is 0 Å². The van der Waals surface area contributed by atoms with Crippen molar-refractivity contribution in [2.45, 2.75) is 13.0 Å². The molecule has 0 bridgehead atoms. The highest BCUT2D eigenvalue weighted by molar-refractivity contribution is 7.10. The van der Waals surface area contributed by atoms with Gasteiger partial charge in [0.2, 0.25) is 0 Å². The molecule has 1 aromatic carbocycles. The minimum Gasteiger partial charge on any atom is -0.493 e. The molecule has 1 heterocycles. The molecule has 0 aliphatic heterocycles. The fourth-order valence-corrected chi connectivity index (χ4v) is 3.47. The van der Waals surface area contributed by atoms with Gasteiger partial charge < -0.3 is 25.0 Å². The summed E-state index contributed by atoms with van der Waals surface area (Å²) >= 11 is 1.76. The molecule has 2 aromatic rings. The summed E-state index contributed by atoms with van der Waals surface area (Å²) in [6.07, 6.45) is 0. The van der Waals surface area contributed by atoms with Crippen LogP contribution in [0.4, 0.5) is 5.69 Å². The van der Waals surface area contributed by atoms with E-state index in [0.717, 1.165) is 18.0 Å². The molecule has 7 heteroatoms. The summed E-state index contributed by atoms with van der Waals surface area (Å²) in [4.78, 5) is 7.84. The van der Waals surface area contributed by atoms with Crippen molar-refractivity contribution >= 4 is 23.0 Å². The molecular weight excluding hydrogens is 348 g/mol. The largest absolute Gasteiger partial charge is 0.493 e. The van der Waals surface area contributed by atoms with E-state index in [-0.39, 0.29) is 6.04 Å². The zero-order valence-corrected chi connectivity index (χ0v) is 16.9. The van der Waals surface area contributed by atoms with Gasteiger partial charge in [0.1, 0.15) is 0 Å². The third kappa shape index (κ3) is 5.37. The van der Waals surface area contributed by atoms with Crippen LogP contribution in [0.1, 0.15) is 17.8 Å². The maximum absolute atomic E-state index is 5.56. The molecule has 0 spiro atoms. The van der Waals surface area contributed by atoms with Gasteiger partial charge in [-0.3, -0.25) is 4.99 Å². The molecule has 1 aromatic heterocycles. The second kappa shape index (κ2) is 10.0. The van der Waals surface area contributed by atoms with E-state index in [4.69, 9.17) is 9.47 Å². The summed E-state index contributed by atoms with van der Waals surface area (Å²) in [6.45, 7) is 3.30. The predicted molar refractivity (Wildman–Crippen MR) is 110 cm³/mol. The lowest BCUT2D eigenvalue weighted by molar-refractivity contribution is 0.303. The number of thiophene rings is 1. The van der Waals surface area contributed by atoms with Crippen molar-refractivity contribution in [1.82, 2.24) is 10.2 Å². The van der Waals surface area contributed by atoms with Gasteiger partial charge in [-0.25, -0.2) is 0 Å². The van der Waals surface area contributed by atoms with Crippen LogP contribution in [0.25, 0.3) is 0 Å². The normalized spacial score (nSPS) is 12.8. The van der Waals surface area contributed by atoms with Crippen molar-refractivity contribution in [3.8, 4) is 11.5 Å². The Hall–Kier alpha value is -2.25. The molecule has 0 fully saturated rings. The van der Waals surface area contributed by atoms with Crippen LogP contribution in [0.15, 0.2) is 40.7 Å². The molecule has 2 N–H and O–H groups in total. The van der Waals surface area contributed by atoms with Crippen LogP contribution in [0.5, 0.6) is 11.5 Å². The average molecular weight is 377 g/mol. The zero-order valence-electron chi connectivity index (χ0n) is 16.1. The molecule has 1 unspecified atom stereocenters. The lowest BCUT2D eigenvalue weighted by Crippen LogP contribution is -2.37. The summed E-state index contributed by atoms with van der Waals surface area (Å²) < 4.78 is 11.0. The number of anilines is 1. The van der Waals surface area contributed by atoms with Crippen molar-refractivity contribution in [1.29, 1.82) is 0 Å². The van der Waals surface area contributed by atoms with Gasteiger partial charge in [-0.2, -0.15) is 0 Å². The molecule has 26 heavy (non-hydrogen) atoms. The number of hydrogen-bond donors (Lipinski definition) is 2. The van der Waals surface area contributed by atoms with E-state index in [2.05, 4.69) is 52.1 Å². The second-order valence-electron chi connectivity index (χ2n) is 5.87. The lowest BCUT2D eigenvalue weighted by Gasteiger charge is -2.24. The van der Waals surface area contributed by atoms with Crippen LogP contribution in [0.2, 0.25) is 0 Å². The Morgan fingerprint density at radius 2 is 2.08 bits per heavy atom. The Morgan fingerprint density at radius 1 is 1.27 bits per heavy atom. The van der Waals surface area contributed by atoms with E-state index in [0.29, 0.717) is 18.3 Å². The van der Waals surface area contributed by atoms with Gasteiger partial charge in [-0.15, -0.1) is 11.3 Å². The van der Waals surface area contributed by atoms with Crippen LogP contribution in [0.3, 0.4) is 0 Å². The van der Waals surface area contributed by atoms with Crippen LogP contribution in [0, 0.1) is 0 Å². The monoisotopic (exact) mass is 376 g/mol. The Morgan fingerprint density at radius 3 is 2.65 bits per heavy atom. The molecule has 142 valence electrons. The second-order valence-corrected chi connectivity index (χ2v) is 6.85. The minimum absolute atomic E-state index is 0.281. The Balaban J connectivity index is 2.03. The number of hydrogen-bond acceptors (Lipinski definition) is 5. The van der Waals surface area contributed by atoms with Gasteiger partial charge in [0, 0.05) is 30.2 Å². The number of ether oxygens (including phenoxy) is 2. The summed E-state index contributed by atoms with van der Waals surface area (Å²) in [5.74, 6) is 2.13. The third-order valence-corrected chi connectivity index (χ3v) is 4.88. The standard InChI is InChI=1S/C19H28N4O2S/c1-6-25-16-10-9-14(12-17(16)24-5)22-19(20-2)21-13-15(23(3)4)18-8-7-11-26-18/h7-12,15H,6,13H2,1-5H3,(H2,20,21,22). The van der Waals surface area contributed by atoms with Gasteiger partial charge in [0.25, 0.3) is 0 Å². The van der Waals surface area contributed by atoms with Gasteiger partial charge in [0.15, 0.2) is 17.5 Å². The summed E-state index contributed by atoms with van der Waals surface area (Å²) in [7, 11) is 7.56. The van der Waals surface area contributed by atoms with Crippen LogP contribution >= 0.6 is 11.3 Å². The first-order valence-electron chi connectivity index (χ1n) is 8.57. The average Bonchev–Trinajstić information content (AvgIpc) is 3.16. The van der Waals surface area contributed by atoms with Crippen molar-refractivity contribution in [2.24, 2.45) is 4.99 Å². The lowest BCUT2D eigenvalue weighted by atomic mass is 10.2. The van der Waals surface area contributed by atoms with Crippen LogP contribution in [-0.2, 0) is 0 Å². The first kappa shape index (κ1) is 20.1. The Bertz CT molecular complexity index is 702. The Kier molecular flexibility index (Phi) is 7.74. The van der Waals surface area contributed by atoms with Crippen molar-refractivity contribution in [3.05, 3.63) is 40.6 Å². The van der Waals surface area contributed by atoms with Gasteiger partial charge in [-0.1, -0.05) is 6.07 Å². The molecule has 0 saturated heterocycles. The number of aliphatic imine (C=N–C) groups is 1. The topological polar surface area (TPSA) is 58.1 Å². The summed E-state index contributed by atoms with van der Waals surface area (Å²) in [6, 6.07) is 10.3. The molecular formula is C19H28N4O2S. The third-order valence-electron chi connectivity index (χ3n) is 3.91. The molecule has 1 atom stereocenters. The van der Waals surface area contributed by atoms with E-state index < -0.39 is 0 Å². The first-order chi connectivity index (χ1) is 12.6. The SMILES string of the molecule is CCOc1ccc(NC(=NC)NCC(c2cccs2)N(C)C)cc1OC. The molecule has 0 amide bonds. The molecule has 0 radical (unpaired) electrons. The van der Waals surface area contributed by atoms with E-state index in [1.165, 1.54) is 4.88 Å². The number of rotatable bonds is 8. The number of benzene rings is 1. The van der Waals surface area contributed by atoms with E-state index in [1.807, 2.05) is 25.1 Å². The number of methoxy groups -OCH3 is 1. The van der Waals surface area contributed by atoms with E-state index in [9.17, 15) is 0 Å². The predicted octanol–water partition coefficient (Wildman–Crippen LogP) is 3.45. The van der Waals surface area contributed by atoms with Gasteiger partial charge in [-0.05, 0) is 44.6 Å². The Labute approximate surface area is 159 Å². The highest BCUT2D eigenvalue weighted by atomic mass is 32.1. The number of nitrogens with zero attached hydrogens (tertiary/aromatic N) is 2.